The summed E-state index contributed by atoms with van der Waals surface area (Å²) < 4.78 is 9.08. The zero-order valence-corrected chi connectivity index (χ0v) is 16.0. The fraction of sp³-hybridized carbons (Fsp3) is 0.389. The molecule has 0 unspecified atom stereocenters. The van der Waals surface area contributed by atoms with Crippen LogP contribution in [0.1, 0.15) is 19.9 Å². The maximum atomic E-state index is 12.4. The SMILES string of the molecule is COCCn1c(SCC(=O)Nc2ccnn2C(C)C)nc2ccccc21. The molecule has 0 aliphatic rings. The average Bonchev–Trinajstić information content (AvgIpc) is 3.22. The molecule has 2 aromatic heterocycles. The second-order valence-electron chi connectivity index (χ2n) is 6.12. The Labute approximate surface area is 156 Å². The molecule has 3 aromatic rings. The van der Waals surface area contributed by atoms with Crippen molar-refractivity contribution in [1.82, 2.24) is 19.3 Å². The molecule has 1 N–H and O–H groups in total. The number of hydrogen-bond donors (Lipinski definition) is 1. The molecule has 1 amide bonds. The maximum absolute atomic E-state index is 12.4. The number of fused-ring (bicyclic) bond motifs is 1. The summed E-state index contributed by atoms with van der Waals surface area (Å²) >= 11 is 1.42. The highest BCUT2D eigenvalue weighted by Crippen LogP contribution is 2.24. The summed E-state index contributed by atoms with van der Waals surface area (Å²) in [5.41, 5.74) is 1.97. The molecule has 8 heteroatoms. The van der Waals surface area contributed by atoms with Crippen molar-refractivity contribution in [3.8, 4) is 0 Å². The minimum absolute atomic E-state index is 0.0808. The molecule has 0 spiro atoms. The quantitative estimate of drug-likeness (QED) is 0.614. The Balaban J connectivity index is 1.70. The molecule has 0 atom stereocenters. The first-order valence-corrected chi connectivity index (χ1v) is 9.49. The van der Waals surface area contributed by atoms with E-state index in [1.165, 1.54) is 11.8 Å². The average molecular weight is 373 g/mol. The van der Waals surface area contributed by atoms with E-state index in [9.17, 15) is 4.79 Å². The second kappa shape index (κ2) is 8.37. The molecular formula is C18H23N5O2S. The summed E-state index contributed by atoms with van der Waals surface area (Å²) in [4.78, 5) is 17.0. The lowest BCUT2D eigenvalue weighted by atomic mass is 10.3. The van der Waals surface area contributed by atoms with Crippen LogP contribution in [0.4, 0.5) is 5.82 Å². The Bertz CT molecular complexity index is 887. The maximum Gasteiger partial charge on any atom is 0.235 e. The van der Waals surface area contributed by atoms with Crippen LogP contribution >= 0.6 is 11.8 Å². The molecule has 0 bridgehead atoms. The summed E-state index contributed by atoms with van der Waals surface area (Å²) in [5.74, 6) is 0.904. The highest BCUT2D eigenvalue weighted by atomic mass is 32.2. The van der Waals surface area contributed by atoms with Crippen molar-refractivity contribution in [2.75, 3.05) is 24.8 Å². The topological polar surface area (TPSA) is 74.0 Å². The molecule has 0 saturated heterocycles. The third kappa shape index (κ3) is 4.08. The molecule has 7 nitrogen and oxygen atoms in total. The number of imidazole rings is 1. The van der Waals surface area contributed by atoms with Gasteiger partial charge in [-0.1, -0.05) is 23.9 Å². The largest absolute Gasteiger partial charge is 0.383 e. The predicted octanol–water partition coefficient (Wildman–Crippen LogP) is 3.19. The fourth-order valence-corrected chi connectivity index (χ4v) is 3.54. The van der Waals surface area contributed by atoms with E-state index in [0.717, 1.165) is 16.2 Å². The molecule has 0 aliphatic carbocycles. The van der Waals surface area contributed by atoms with Gasteiger partial charge in [0.25, 0.3) is 0 Å². The molecule has 0 saturated carbocycles. The zero-order valence-electron chi connectivity index (χ0n) is 15.2. The van der Waals surface area contributed by atoms with Gasteiger partial charge in [0.2, 0.25) is 5.91 Å². The number of aromatic nitrogens is 4. The number of carbonyl (C=O) groups is 1. The van der Waals surface area contributed by atoms with E-state index in [0.29, 0.717) is 19.0 Å². The van der Waals surface area contributed by atoms with Gasteiger partial charge < -0.3 is 14.6 Å². The molecule has 26 heavy (non-hydrogen) atoms. The first-order valence-electron chi connectivity index (χ1n) is 8.50. The normalized spacial score (nSPS) is 11.4. The molecule has 1 aromatic carbocycles. The van der Waals surface area contributed by atoms with E-state index in [4.69, 9.17) is 4.74 Å². The molecule has 0 aliphatic heterocycles. The van der Waals surface area contributed by atoms with Crippen molar-refractivity contribution in [1.29, 1.82) is 0 Å². The van der Waals surface area contributed by atoms with Gasteiger partial charge >= 0.3 is 0 Å². The van der Waals surface area contributed by atoms with Crippen LogP contribution in [0.25, 0.3) is 11.0 Å². The lowest BCUT2D eigenvalue weighted by molar-refractivity contribution is -0.113. The van der Waals surface area contributed by atoms with Crippen LogP contribution in [0.2, 0.25) is 0 Å². The van der Waals surface area contributed by atoms with Gasteiger partial charge in [0.15, 0.2) is 5.16 Å². The van der Waals surface area contributed by atoms with Gasteiger partial charge in [-0.2, -0.15) is 5.10 Å². The Morgan fingerprint density at radius 2 is 2.12 bits per heavy atom. The van der Waals surface area contributed by atoms with Gasteiger partial charge in [-0.15, -0.1) is 0 Å². The summed E-state index contributed by atoms with van der Waals surface area (Å²) in [7, 11) is 1.68. The smallest absolute Gasteiger partial charge is 0.235 e. The summed E-state index contributed by atoms with van der Waals surface area (Å²) in [6.45, 7) is 5.33. The minimum Gasteiger partial charge on any atom is -0.383 e. The van der Waals surface area contributed by atoms with Crippen molar-refractivity contribution < 1.29 is 9.53 Å². The van der Waals surface area contributed by atoms with Crippen LogP contribution in [-0.2, 0) is 16.1 Å². The van der Waals surface area contributed by atoms with Crippen molar-refractivity contribution >= 4 is 34.5 Å². The van der Waals surface area contributed by atoms with Gasteiger partial charge in [0.1, 0.15) is 5.82 Å². The fourth-order valence-electron chi connectivity index (χ4n) is 2.70. The highest BCUT2D eigenvalue weighted by molar-refractivity contribution is 7.99. The van der Waals surface area contributed by atoms with Crippen LogP contribution in [0.15, 0.2) is 41.7 Å². The molecular weight excluding hydrogens is 350 g/mol. The van der Waals surface area contributed by atoms with Crippen LogP contribution in [0.3, 0.4) is 0 Å². The Morgan fingerprint density at radius 1 is 1.31 bits per heavy atom. The molecule has 2 heterocycles. The number of rotatable bonds is 8. The van der Waals surface area contributed by atoms with Crippen molar-refractivity contribution in [2.24, 2.45) is 0 Å². The van der Waals surface area contributed by atoms with Crippen molar-refractivity contribution in [3.05, 3.63) is 36.5 Å². The number of amides is 1. The number of methoxy groups -OCH3 is 1. The summed E-state index contributed by atoms with van der Waals surface area (Å²) in [5, 5.41) is 7.96. The van der Waals surface area contributed by atoms with E-state index in [1.54, 1.807) is 24.1 Å². The Morgan fingerprint density at radius 3 is 2.88 bits per heavy atom. The standard InChI is InChI=1S/C18H23N5O2S/c1-13(2)23-16(8-9-19-23)21-17(24)12-26-18-20-14-6-4-5-7-15(14)22(18)10-11-25-3/h4-9,13H,10-12H2,1-3H3,(H,21,24). The van der Waals surface area contributed by atoms with E-state index in [-0.39, 0.29) is 17.7 Å². The van der Waals surface area contributed by atoms with Crippen LogP contribution in [-0.4, -0.2) is 44.7 Å². The van der Waals surface area contributed by atoms with Crippen LogP contribution in [0.5, 0.6) is 0 Å². The van der Waals surface area contributed by atoms with Gasteiger partial charge in [0, 0.05) is 25.8 Å². The molecule has 0 fully saturated rings. The lowest BCUT2D eigenvalue weighted by Crippen LogP contribution is -2.18. The molecule has 138 valence electrons. The van der Waals surface area contributed by atoms with Gasteiger partial charge in [-0.25, -0.2) is 9.67 Å². The summed E-state index contributed by atoms with van der Waals surface area (Å²) in [6, 6.07) is 9.95. The van der Waals surface area contributed by atoms with Gasteiger partial charge in [-0.3, -0.25) is 4.79 Å². The van der Waals surface area contributed by atoms with Gasteiger partial charge in [0.05, 0.1) is 29.6 Å². The van der Waals surface area contributed by atoms with E-state index >= 15 is 0 Å². The number of carbonyl (C=O) groups excluding carboxylic acids is 1. The van der Waals surface area contributed by atoms with Crippen molar-refractivity contribution in [2.45, 2.75) is 31.6 Å². The van der Waals surface area contributed by atoms with Crippen molar-refractivity contribution in [3.63, 3.8) is 0 Å². The number of ether oxygens (including phenoxy) is 1. The first-order chi connectivity index (χ1) is 12.6. The number of para-hydroxylation sites is 2. The highest BCUT2D eigenvalue weighted by Gasteiger charge is 2.14. The lowest BCUT2D eigenvalue weighted by Gasteiger charge is -2.12. The Kier molecular flexibility index (Phi) is 5.95. The molecule has 0 radical (unpaired) electrons. The van der Waals surface area contributed by atoms with Gasteiger partial charge in [-0.05, 0) is 26.0 Å². The number of anilines is 1. The van der Waals surface area contributed by atoms with E-state index in [2.05, 4.69) is 20.0 Å². The predicted molar refractivity (Wildman–Crippen MR) is 104 cm³/mol. The Hall–Kier alpha value is -2.32. The first kappa shape index (κ1) is 18.5. The monoisotopic (exact) mass is 373 g/mol. The third-order valence-corrected chi connectivity index (χ3v) is 4.87. The molecule has 3 rings (SSSR count). The van der Waals surface area contributed by atoms with E-state index < -0.39 is 0 Å². The number of benzene rings is 1. The minimum atomic E-state index is -0.0808. The number of nitrogens with zero attached hydrogens (tertiary/aromatic N) is 4. The zero-order chi connectivity index (χ0) is 18.5. The van der Waals surface area contributed by atoms with Crippen LogP contribution < -0.4 is 5.32 Å². The number of hydrogen-bond acceptors (Lipinski definition) is 5. The van der Waals surface area contributed by atoms with Crippen LogP contribution in [0, 0.1) is 0 Å². The van der Waals surface area contributed by atoms with E-state index in [1.807, 2.05) is 38.1 Å². The number of nitrogens with one attached hydrogen (secondary N) is 1. The third-order valence-electron chi connectivity index (χ3n) is 3.90. The number of thioether (sulfide) groups is 1. The second-order valence-corrected chi connectivity index (χ2v) is 7.06. The summed E-state index contributed by atoms with van der Waals surface area (Å²) in [6.07, 6.45) is 1.69.